The Morgan fingerprint density at radius 2 is 2.11 bits per heavy atom. The van der Waals surface area contributed by atoms with Crippen LogP contribution < -0.4 is 10.6 Å². The fourth-order valence-corrected chi connectivity index (χ4v) is 2.11. The number of pyridine rings is 1. The van der Waals surface area contributed by atoms with Crippen molar-refractivity contribution in [2.24, 2.45) is 5.73 Å². The van der Waals surface area contributed by atoms with E-state index < -0.39 is 11.6 Å². The summed E-state index contributed by atoms with van der Waals surface area (Å²) < 4.78 is 31.8. The number of rotatable bonds is 4. The number of anilines is 1. The van der Waals surface area contributed by atoms with Crippen LogP contribution in [0.4, 0.5) is 14.6 Å². The normalized spacial score (nSPS) is 17.2. The Balaban J connectivity index is 1.93. The highest BCUT2D eigenvalue weighted by molar-refractivity contribution is 5.40. The average molecular weight is 257 g/mol. The minimum atomic E-state index is -0.655. The number of halogens is 2. The van der Waals surface area contributed by atoms with E-state index in [1.54, 1.807) is 0 Å². The first-order valence-electron chi connectivity index (χ1n) is 6.08. The molecule has 1 fully saturated rings. The van der Waals surface area contributed by atoms with Crippen LogP contribution in [-0.4, -0.2) is 37.3 Å². The third-order valence-corrected chi connectivity index (χ3v) is 3.00. The van der Waals surface area contributed by atoms with Crippen molar-refractivity contribution in [1.82, 2.24) is 4.98 Å². The number of piperidine rings is 1. The smallest absolute Gasteiger partial charge is 0.168 e. The number of hydrogen-bond donors (Lipinski definition) is 1. The van der Waals surface area contributed by atoms with Crippen LogP contribution in [-0.2, 0) is 4.74 Å². The van der Waals surface area contributed by atoms with Crippen molar-refractivity contribution in [3.63, 3.8) is 0 Å². The highest BCUT2D eigenvalue weighted by atomic mass is 19.1. The van der Waals surface area contributed by atoms with E-state index in [9.17, 15) is 8.78 Å². The first-order chi connectivity index (χ1) is 8.70. The van der Waals surface area contributed by atoms with E-state index in [1.807, 2.05) is 4.90 Å². The number of nitrogens with zero attached hydrogens (tertiary/aromatic N) is 2. The van der Waals surface area contributed by atoms with Crippen LogP contribution in [0.3, 0.4) is 0 Å². The SMILES string of the molecule is NCCOC1CCN(c2ncc(F)cc2F)CC1. The largest absolute Gasteiger partial charge is 0.377 e. The average Bonchev–Trinajstić information content (AvgIpc) is 2.37. The lowest BCUT2D eigenvalue weighted by Crippen LogP contribution is -2.38. The summed E-state index contributed by atoms with van der Waals surface area (Å²) >= 11 is 0. The van der Waals surface area contributed by atoms with Crippen molar-refractivity contribution in [2.45, 2.75) is 18.9 Å². The topological polar surface area (TPSA) is 51.4 Å². The van der Waals surface area contributed by atoms with Crippen LogP contribution >= 0.6 is 0 Å². The summed E-state index contributed by atoms with van der Waals surface area (Å²) in [5, 5.41) is 0. The molecule has 4 nitrogen and oxygen atoms in total. The quantitative estimate of drug-likeness (QED) is 0.883. The van der Waals surface area contributed by atoms with Crippen LogP contribution in [0, 0.1) is 11.6 Å². The molecule has 0 atom stereocenters. The number of nitrogens with two attached hydrogens (primary N) is 1. The molecule has 0 aliphatic carbocycles. The fraction of sp³-hybridized carbons (Fsp3) is 0.583. The van der Waals surface area contributed by atoms with Crippen LogP contribution in [0.15, 0.2) is 12.3 Å². The summed E-state index contributed by atoms with van der Waals surface area (Å²) in [4.78, 5) is 5.62. The first-order valence-corrected chi connectivity index (χ1v) is 6.08. The molecular weight excluding hydrogens is 240 g/mol. The zero-order chi connectivity index (χ0) is 13.0. The third-order valence-electron chi connectivity index (χ3n) is 3.00. The maximum Gasteiger partial charge on any atom is 0.168 e. The van der Waals surface area contributed by atoms with E-state index in [-0.39, 0.29) is 11.9 Å². The molecule has 1 aliphatic heterocycles. The highest BCUT2D eigenvalue weighted by Crippen LogP contribution is 2.22. The second-order valence-corrected chi connectivity index (χ2v) is 4.30. The van der Waals surface area contributed by atoms with E-state index in [0.717, 1.165) is 25.1 Å². The molecular formula is C12H17F2N3O. The molecule has 0 amide bonds. The summed E-state index contributed by atoms with van der Waals surface area (Å²) in [6, 6.07) is 0.860. The van der Waals surface area contributed by atoms with Crippen LogP contribution in [0.1, 0.15) is 12.8 Å². The predicted molar refractivity (Wildman–Crippen MR) is 64.4 cm³/mol. The first kappa shape index (κ1) is 13.2. The van der Waals surface area contributed by atoms with Crippen molar-refractivity contribution in [1.29, 1.82) is 0 Å². The van der Waals surface area contributed by atoms with E-state index in [2.05, 4.69) is 4.98 Å². The van der Waals surface area contributed by atoms with Crippen molar-refractivity contribution < 1.29 is 13.5 Å². The molecule has 0 unspecified atom stereocenters. The maximum atomic E-state index is 13.5. The van der Waals surface area contributed by atoms with Gasteiger partial charge in [-0.25, -0.2) is 13.8 Å². The van der Waals surface area contributed by atoms with Crippen LogP contribution in [0.25, 0.3) is 0 Å². The van der Waals surface area contributed by atoms with Gasteiger partial charge in [0.15, 0.2) is 11.6 Å². The minimum Gasteiger partial charge on any atom is -0.377 e. The molecule has 0 aromatic carbocycles. The Morgan fingerprint density at radius 1 is 1.39 bits per heavy atom. The Bertz CT molecular complexity index is 395. The lowest BCUT2D eigenvalue weighted by molar-refractivity contribution is 0.0420. The molecule has 1 aliphatic rings. The summed E-state index contributed by atoms with van der Waals surface area (Å²) in [5.41, 5.74) is 5.37. The van der Waals surface area contributed by atoms with Gasteiger partial charge in [0.25, 0.3) is 0 Å². The standard InChI is InChI=1S/C12H17F2N3O/c13-9-7-11(14)12(16-8-9)17-4-1-10(2-5-17)18-6-3-15/h7-8,10H,1-6,15H2. The van der Waals surface area contributed by atoms with Gasteiger partial charge in [0.2, 0.25) is 0 Å². The highest BCUT2D eigenvalue weighted by Gasteiger charge is 2.22. The molecule has 2 heterocycles. The molecule has 1 aromatic rings. The fourth-order valence-electron chi connectivity index (χ4n) is 2.11. The Hall–Kier alpha value is -1.27. The maximum absolute atomic E-state index is 13.5. The van der Waals surface area contributed by atoms with Crippen molar-refractivity contribution in [2.75, 3.05) is 31.1 Å². The van der Waals surface area contributed by atoms with Gasteiger partial charge >= 0.3 is 0 Å². The monoisotopic (exact) mass is 257 g/mol. The van der Waals surface area contributed by atoms with Gasteiger partial charge in [0.05, 0.1) is 18.9 Å². The van der Waals surface area contributed by atoms with Gasteiger partial charge in [-0.3, -0.25) is 0 Å². The minimum absolute atomic E-state index is 0.174. The molecule has 6 heteroatoms. The van der Waals surface area contributed by atoms with Gasteiger partial charge in [0, 0.05) is 25.7 Å². The molecule has 1 saturated heterocycles. The molecule has 1 aromatic heterocycles. The van der Waals surface area contributed by atoms with E-state index >= 15 is 0 Å². The summed E-state index contributed by atoms with van der Waals surface area (Å²) in [6.45, 7) is 2.37. The Morgan fingerprint density at radius 3 is 2.72 bits per heavy atom. The Labute approximate surface area is 105 Å². The van der Waals surface area contributed by atoms with E-state index in [0.29, 0.717) is 26.2 Å². The van der Waals surface area contributed by atoms with Crippen molar-refractivity contribution in [3.8, 4) is 0 Å². The van der Waals surface area contributed by atoms with Crippen molar-refractivity contribution >= 4 is 5.82 Å². The van der Waals surface area contributed by atoms with E-state index in [1.165, 1.54) is 0 Å². The zero-order valence-electron chi connectivity index (χ0n) is 10.1. The third kappa shape index (κ3) is 3.14. The van der Waals surface area contributed by atoms with Gasteiger partial charge in [0.1, 0.15) is 5.82 Å². The summed E-state index contributed by atoms with van der Waals surface area (Å²) in [7, 11) is 0. The second-order valence-electron chi connectivity index (χ2n) is 4.30. The molecule has 18 heavy (non-hydrogen) atoms. The van der Waals surface area contributed by atoms with Gasteiger partial charge in [-0.05, 0) is 12.8 Å². The molecule has 0 radical (unpaired) electrons. The van der Waals surface area contributed by atoms with Crippen molar-refractivity contribution in [3.05, 3.63) is 23.9 Å². The van der Waals surface area contributed by atoms with Gasteiger partial charge in [-0.1, -0.05) is 0 Å². The van der Waals surface area contributed by atoms with Gasteiger partial charge in [-0.2, -0.15) is 0 Å². The van der Waals surface area contributed by atoms with Crippen LogP contribution in [0.5, 0.6) is 0 Å². The lowest BCUT2D eigenvalue weighted by Gasteiger charge is -2.32. The number of aromatic nitrogens is 1. The number of hydrogen-bond acceptors (Lipinski definition) is 4. The summed E-state index contributed by atoms with van der Waals surface area (Å²) in [5.74, 6) is -1.05. The number of ether oxygens (including phenoxy) is 1. The second kappa shape index (κ2) is 6.06. The molecule has 0 spiro atoms. The van der Waals surface area contributed by atoms with Crippen LogP contribution in [0.2, 0.25) is 0 Å². The summed E-state index contributed by atoms with van der Waals surface area (Å²) in [6.07, 6.45) is 2.82. The van der Waals surface area contributed by atoms with E-state index in [4.69, 9.17) is 10.5 Å². The molecule has 100 valence electrons. The van der Waals surface area contributed by atoms with Gasteiger partial charge < -0.3 is 15.4 Å². The predicted octanol–water partition coefficient (Wildman–Crippen LogP) is 1.30. The lowest BCUT2D eigenvalue weighted by atomic mass is 10.1. The molecule has 0 bridgehead atoms. The van der Waals surface area contributed by atoms with Gasteiger partial charge in [-0.15, -0.1) is 0 Å². The molecule has 2 N–H and O–H groups in total. The molecule has 2 rings (SSSR count). The Kier molecular flexibility index (Phi) is 4.43. The zero-order valence-corrected chi connectivity index (χ0v) is 10.1. The molecule has 0 saturated carbocycles.